The predicted octanol–water partition coefficient (Wildman–Crippen LogP) is 4.50. The van der Waals surface area contributed by atoms with Gasteiger partial charge in [0.15, 0.2) is 0 Å². The van der Waals surface area contributed by atoms with Crippen LogP contribution in [0, 0.1) is 0 Å². The van der Waals surface area contributed by atoms with E-state index in [-0.39, 0.29) is 11.7 Å². The summed E-state index contributed by atoms with van der Waals surface area (Å²) in [4.78, 5) is 28.8. The lowest BCUT2D eigenvalue weighted by atomic mass is 10.0. The van der Waals surface area contributed by atoms with E-state index in [1.54, 1.807) is 30.3 Å². The molecule has 1 saturated heterocycles. The lowest BCUT2D eigenvalue weighted by Crippen LogP contribution is -2.26. The van der Waals surface area contributed by atoms with Crippen LogP contribution < -0.4 is 5.32 Å². The van der Waals surface area contributed by atoms with Gasteiger partial charge in [-0.3, -0.25) is 14.5 Å². The highest BCUT2D eigenvalue weighted by molar-refractivity contribution is 7.12. The van der Waals surface area contributed by atoms with Crippen molar-refractivity contribution in [2.45, 2.75) is 25.9 Å². The zero-order valence-electron chi connectivity index (χ0n) is 16.3. The molecule has 148 valence electrons. The van der Waals surface area contributed by atoms with Crippen molar-refractivity contribution >= 4 is 23.0 Å². The Kier molecular flexibility index (Phi) is 6.17. The lowest BCUT2D eigenvalue weighted by Gasteiger charge is -2.18. The molecule has 1 aliphatic rings. The molecular weight excluding hydrogens is 380 g/mol. The number of amides is 1. The minimum Gasteiger partial charge on any atom is -0.348 e. The van der Waals surface area contributed by atoms with Crippen molar-refractivity contribution in [3.05, 3.63) is 93.2 Å². The summed E-state index contributed by atoms with van der Waals surface area (Å²) in [7, 11) is 0. The SMILES string of the molecule is O=C(NCc1ccccc1CN1CCCC1)c1ccccc1C(=O)c1cccs1. The van der Waals surface area contributed by atoms with Crippen LogP contribution in [0.25, 0.3) is 0 Å². The molecule has 2 heterocycles. The maximum absolute atomic E-state index is 12.9. The first kappa shape index (κ1) is 19.6. The third-order valence-electron chi connectivity index (χ3n) is 5.31. The molecule has 4 nitrogen and oxygen atoms in total. The maximum Gasteiger partial charge on any atom is 0.252 e. The van der Waals surface area contributed by atoms with Crippen LogP contribution in [0.2, 0.25) is 0 Å². The predicted molar refractivity (Wildman–Crippen MR) is 116 cm³/mol. The number of rotatable bonds is 7. The molecule has 4 rings (SSSR count). The molecule has 0 unspecified atom stereocenters. The van der Waals surface area contributed by atoms with Crippen LogP contribution in [0.1, 0.15) is 49.6 Å². The van der Waals surface area contributed by atoms with E-state index in [9.17, 15) is 9.59 Å². The van der Waals surface area contributed by atoms with E-state index in [0.717, 1.165) is 25.2 Å². The van der Waals surface area contributed by atoms with Gasteiger partial charge >= 0.3 is 0 Å². The van der Waals surface area contributed by atoms with Gasteiger partial charge in [-0.1, -0.05) is 48.5 Å². The fourth-order valence-corrected chi connectivity index (χ4v) is 4.43. The van der Waals surface area contributed by atoms with Crippen LogP contribution >= 0.6 is 11.3 Å². The molecule has 5 heteroatoms. The Bertz CT molecular complexity index is 992. The molecule has 2 aromatic carbocycles. The summed E-state index contributed by atoms with van der Waals surface area (Å²) in [6.07, 6.45) is 2.52. The second-order valence-corrected chi connectivity index (χ2v) is 8.23. The number of nitrogens with zero attached hydrogens (tertiary/aromatic N) is 1. The van der Waals surface area contributed by atoms with Crippen LogP contribution in [0.4, 0.5) is 0 Å². The Labute approximate surface area is 175 Å². The summed E-state index contributed by atoms with van der Waals surface area (Å²) >= 11 is 1.39. The molecule has 1 N–H and O–H groups in total. The van der Waals surface area contributed by atoms with Crippen molar-refractivity contribution in [3.63, 3.8) is 0 Å². The molecule has 0 aliphatic carbocycles. The van der Waals surface area contributed by atoms with E-state index >= 15 is 0 Å². The number of likely N-dealkylation sites (tertiary alicyclic amines) is 1. The highest BCUT2D eigenvalue weighted by atomic mass is 32.1. The van der Waals surface area contributed by atoms with E-state index < -0.39 is 0 Å². The van der Waals surface area contributed by atoms with Crippen LogP contribution in [0.3, 0.4) is 0 Å². The molecule has 0 bridgehead atoms. The highest BCUT2D eigenvalue weighted by Gasteiger charge is 2.19. The molecule has 1 aromatic heterocycles. The maximum atomic E-state index is 12.9. The van der Waals surface area contributed by atoms with Gasteiger partial charge in [0.1, 0.15) is 0 Å². The molecule has 0 radical (unpaired) electrons. The third kappa shape index (κ3) is 4.63. The fraction of sp³-hybridized carbons (Fsp3) is 0.250. The molecule has 29 heavy (non-hydrogen) atoms. The van der Waals surface area contributed by atoms with Crippen molar-refractivity contribution in [2.75, 3.05) is 13.1 Å². The van der Waals surface area contributed by atoms with Gasteiger partial charge in [-0.25, -0.2) is 0 Å². The fourth-order valence-electron chi connectivity index (χ4n) is 3.76. The average Bonchev–Trinajstić information content (AvgIpc) is 3.47. The number of hydrogen-bond donors (Lipinski definition) is 1. The summed E-state index contributed by atoms with van der Waals surface area (Å²) in [5.41, 5.74) is 3.23. The van der Waals surface area contributed by atoms with Crippen molar-refractivity contribution in [1.29, 1.82) is 0 Å². The molecule has 0 spiro atoms. The van der Waals surface area contributed by atoms with E-state index in [1.165, 1.54) is 29.7 Å². The molecule has 0 atom stereocenters. The zero-order chi connectivity index (χ0) is 20.1. The third-order valence-corrected chi connectivity index (χ3v) is 6.18. The minimum absolute atomic E-state index is 0.111. The molecular formula is C24H24N2O2S. The monoisotopic (exact) mass is 404 g/mol. The molecule has 1 fully saturated rings. The largest absolute Gasteiger partial charge is 0.348 e. The highest BCUT2D eigenvalue weighted by Crippen LogP contribution is 2.19. The first-order chi connectivity index (χ1) is 14.2. The van der Waals surface area contributed by atoms with Crippen LogP contribution in [0.5, 0.6) is 0 Å². The smallest absolute Gasteiger partial charge is 0.252 e. The first-order valence-corrected chi connectivity index (χ1v) is 10.8. The van der Waals surface area contributed by atoms with Gasteiger partial charge in [0, 0.05) is 18.7 Å². The van der Waals surface area contributed by atoms with Crippen LogP contribution in [-0.4, -0.2) is 29.7 Å². The number of benzene rings is 2. The zero-order valence-corrected chi connectivity index (χ0v) is 17.1. The van der Waals surface area contributed by atoms with Gasteiger partial charge in [-0.15, -0.1) is 11.3 Å². The van der Waals surface area contributed by atoms with Gasteiger partial charge in [-0.2, -0.15) is 0 Å². The molecule has 0 saturated carbocycles. The molecule has 1 aliphatic heterocycles. The van der Waals surface area contributed by atoms with Crippen LogP contribution in [0.15, 0.2) is 66.0 Å². The standard InChI is InChI=1S/C24H24N2O2S/c27-23(22-12-7-15-29-22)20-10-3-4-11-21(20)24(28)25-16-18-8-1-2-9-19(18)17-26-13-5-6-14-26/h1-4,7-12,15H,5-6,13-14,16-17H2,(H,25,28). The second-order valence-electron chi connectivity index (χ2n) is 7.29. The second kappa shape index (κ2) is 9.16. The Morgan fingerprint density at radius 1 is 0.862 bits per heavy atom. The number of carbonyl (C=O) groups is 2. The summed E-state index contributed by atoms with van der Waals surface area (Å²) in [6, 6.07) is 18.9. The summed E-state index contributed by atoms with van der Waals surface area (Å²) < 4.78 is 0. The Balaban J connectivity index is 1.48. The van der Waals surface area contributed by atoms with Crippen molar-refractivity contribution < 1.29 is 9.59 Å². The van der Waals surface area contributed by atoms with Gasteiger partial charge in [-0.05, 0) is 54.6 Å². The normalized spacial score (nSPS) is 14.1. The van der Waals surface area contributed by atoms with Gasteiger partial charge in [0.05, 0.1) is 10.4 Å². The Morgan fingerprint density at radius 2 is 1.55 bits per heavy atom. The first-order valence-electron chi connectivity index (χ1n) is 9.97. The summed E-state index contributed by atoms with van der Waals surface area (Å²) in [5.74, 6) is -0.332. The lowest BCUT2D eigenvalue weighted by molar-refractivity contribution is 0.0940. The summed E-state index contributed by atoms with van der Waals surface area (Å²) in [5, 5.41) is 4.88. The van der Waals surface area contributed by atoms with Gasteiger partial charge < -0.3 is 5.32 Å². The minimum atomic E-state index is -0.221. The number of ketones is 1. The van der Waals surface area contributed by atoms with E-state index in [0.29, 0.717) is 22.5 Å². The van der Waals surface area contributed by atoms with E-state index in [4.69, 9.17) is 0 Å². The number of thiophene rings is 1. The van der Waals surface area contributed by atoms with Crippen molar-refractivity contribution in [1.82, 2.24) is 10.2 Å². The van der Waals surface area contributed by atoms with Gasteiger partial charge in [0.2, 0.25) is 5.78 Å². The Hall–Kier alpha value is -2.76. The van der Waals surface area contributed by atoms with Crippen molar-refractivity contribution in [2.24, 2.45) is 0 Å². The van der Waals surface area contributed by atoms with Gasteiger partial charge in [0.25, 0.3) is 5.91 Å². The van der Waals surface area contributed by atoms with Crippen molar-refractivity contribution in [3.8, 4) is 0 Å². The number of hydrogen-bond acceptors (Lipinski definition) is 4. The van der Waals surface area contributed by atoms with E-state index in [2.05, 4.69) is 22.3 Å². The number of carbonyl (C=O) groups excluding carboxylic acids is 2. The number of nitrogens with one attached hydrogen (secondary N) is 1. The van der Waals surface area contributed by atoms with Crippen LogP contribution in [-0.2, 0) is 13.1 Å². The molecule has 3 aromatic rings. The Morgan fingerprint density at radius 3 is 2.28 bits per heavy atom. The molecule has 1 amide bonds. The average molecular weight is 405 g/mol. The topological polar surface area (TPSA) is 49.4 Å². The van der Waals surface area contributed by atoms with E-state index in [1.807, 2.05) is 23.6 Å². The quantitative estimate of drug-likeness (QED) is 0.590. The summed E-state index contributed by atoms with van der Waals surface area (Å²) in [6.45, 7) is 3.64.